The largest absolute Gasteiger partial charge is 0.444 e. The number of carbonyl (C=O) groups is 3. The summed E-state index contributed by atoms with van der Waals surface area (Å²) in [6, 6.07) is -0.871. The zero-order chi connectivity index (χ0) is 14.3. The summed E-state index contributed by atoms with van der Waals surface area (Å²) in [5, 5.41) is 2.31. The summed E-state index contributed by atoms with van der Waals surface area (Å²) in [6.45, 7) is 8.16. The van der Waals surface area contributed by atoms with Crippen LogP contribution >= 0.6 is 0 Å². The number of ether oxygens (including phenoxy) is 1. The van der Waals surface area contributed by atoms with Gasteiger partial charge in [0.15, 0.2) is 0 Å². The summed E-state index contributed by atoms with van der Waals surface area (Å²) in [5.74, 6) is -1.20. The molecule has 18 heavy (non-hydrogen) atoms. The Balaban J connectivity index is 4.08. The van der Waals surface area contributed by atoms with Crippen molar-refractivity contribution < 1.29 is 24.0 Å². The van der Waals surface area contributed by atoms with Gasteiger partial charge in [0, 0.05) is 6.42 Å². The maximum absolute atomic E-state index is 11.4. The highest BCUT2D eigenvalue weighted by Gasteiger charge is 2.21. The SMILES string of the molecule is CCC(=O)ONC(=O)[C@H](C)NC(=O)OC(C)(C)C. The molecule has 0 aliphatic heterocycles. The predicted octanol–water partition coefficient (Wildman–Crippen LogP) is 0.884. The Labute approximate surface area is 106 Å². The van der Waals surface area contributed by atoms with Crippen LogP contribution in [0.3, 0.4) is 0 Å². The Kier molecular flexibility index (Phi) is 6.15. The smallest absolute Gasteiger partial charge is 0.408 e. The number of hydroxylamine groups is 1. The Bertz CT molecular complexity index is 322. The number of rotatable bonds is 3. The number of alkyl carbamates (subject to hydrolysis) is 1. The third kappa shape index (κ3) is 7.48. The van der Waals surface area contributed by atoms with E-state index in [2.05, 4.69) is 10.2 Å². The molecule has 7 nitrogen and oxygen atoms in total. The maximum Gasteiger partial charge on any atom is 0.408 e. The first-order chi connectivity index (χ1) is 8.15. The summed E-state index contributed by atoms with van der Waals surface area (Å²) in [4.78, 5) is 38.0. The Hall–Kier alpha value is -1.79. The third-order valence-electron chi connectivity index (χ3n) is 1.68. The molecule has 0 aromatic rings. The lowest BCUT2D eigenvalue weighted by Gasteiger charge is -2.21. The second-order valence-corrected chi connectivity index (χ2v) is 4.66. The highest BCUT2D eigenvalue weighted by Crippen LogP contribution is 2.06. The summed E-state index contributed by atoms with van der Waals surface area (Å²) in [5.41, 5.74) is 1.30. The first-order valence-electron chi connectivity index (χ1n) is 5.64. The van der Waals surface area contributed by atoms with Crippen LogP contribution in [0.2, 0.25) is 0 Å². The van der Waals surface area contributed by atoms with Crippen molar-refractivity contribution in [1.29, 1.82) is 0 Å². The molecule has 0 aliphatic rings. The van der Waals surface area contributed by atoms with Crippen molar-refractivity contribution in [2.45, 2.75) is 52.7 Å². The summed E-state index contributed by atoms with van der Waals surface area (Å²) >= 11 is 0. The molecule has 0 rings (SSSR count). The van der Waals surface area contributed by atoms with Crippen LogP contribution in [-0.2, 0) is 19.2 Å². The van der Waals surface area contributed by atoms with Gasteiger partial charge in [-0.1, -0.05) is 6.92 Å². The lowest BCUT2D eigenvalue weighted by molar-refractivity contribution is -0.158. The molecule has 104 valence electrons. The van der Waals surface area contributed by atoms with Crippen molar-refractivity contribution in [2.75, 3.05) is 0 Å². The van der Waals surface area contributed by atoms with Crippen LogP contribution in [-0.4, -0.2) is 29.6 Å². The van der Waals surface area contributed by atoms with E-state index in [9.17, 15) is 14.4 Å². The highest BCUT2D eigenvalue weighted by molar-refractivity contribution is 5.85. The van der Waals surface area contributed by atoms with Crippen molar-refractivity contribution in [3.8, 4) is 0 Å². The molecule has 0 bridgehead atoms. The van der Waals surface area contributed by atoms with E-state index >= 15 is 0 Å². The predicted molar refractivity (Wildman–Crippen MR) is 63.4 cm³/mol. The molecule has 0 radical (unpaired) electrons. The minimum Gasteiger partial charge on any atom is -0.444 e. The molecular formula is C11H20N2O5. The number of hydrogen-bond acceptors (Lipinski definition) is 5. The Morgan fingerprint density at radius 3 is 2.22 bits per heavy atom. The van der Waals surface area contributed by atoms with Gasteiger partial charge in [-0.3, -0.25) is 4.79 Å². The van der Waals surface area contributed by atoms with E-state index in [-0.39, 0.29) is 6.42 Å². The van der Waals surface area contributed by atoms with Crippen molar-refractivity contribution in [3.63, 3.8) is 0 Å². The summed E-state index contributed by atoms with van der Waals surface area (Å²) < 4.78 is 4.97. The number of amides is 2. The normalized spacial score (nSPS) is 12.3. The zero-order valence-electron chi connectivity index (χ0n) is 11.3. The van der Waals surface area contributed by atoms with Gasteiger partial charge < -0.3 is 14.9 Å². The second kappa shape index (κ2) is 6.83. The zero-order valence-corrected chi connectivity index (χ0v) is 11.3. The quantitative estimate of drug-likeness (QED) is 0.735. The lowest BCUT2D eigenvalue weighted by atomic mass is 10.2. The molecule has 0 aromatic heterocycles. The number of hydrogen-bond donors (Lipinski definition) is 2. The topological polar surface area (TPSA) is 93.7 Å². The fourth-order valence-electron chi connectivity index (χ4n) is 0.818. The highest BCUT2D eigenvalue weighted by atomic mass is 16.7. The van der Waals surface area contributed by atoms with Gasteiger partial charge in [-0.05, 0) is 27.7 Å². The van der Waals surface area contributed by atoms with E-state index in [1.165, 1.54) is 6.92 Å². The minimum absolute atomic E-state index is 0.147. The molecule has 2 N–H and O–H groups in total. The monoisotopic (exact) mass is 260 g/mol. The van der Waals surface area contributed by atoms with Crippen LogP contribution in [0, 0.1) is 0 Å². The standard InChI is InChI=1S/C11H20N2O5/c1-6-8(14)18-13-9(15)7(2)12-10(16)17-11(3,4)5/h7H,6H2,1-5H3,(H,12,16)(H,13,15)/t7-/m0/s1. The maximum atomic E-state index is 11.4. The van der Waals surface area contributed by atoms with Crippen LogP contribution in [0.25, 0.3) is 0 Å². The first kappa shape index (κ1) is 16.2. The van der Waals surface area contributed by atoms with E-state index in [1.807, 2.05) is 5.48 Å². The molecule has 0 fully saturated rings. The Morgan fingerprint density at radius 2 is 1.78 bits per heavy atom. The van der Waals surface area contributed by atoms with E-state index in [1.54, 1.807) is 27.7 Å². The van der Waals surface area contributed by atoms with Crippen LogP contribution < -0.4 is 10.8 Å². The van der Waals surface area contributed by atoms with E-state index in [0.29, 0.717) is 0 Å². The molecule has 0 unspecified atom stereocenters. The fraction of sp³-hybridized carbons (Fsp3) is 0.727. The summed E-state index contributed by atoms with van der Waals surface area (Å²) in [7, 11) is 0. The van der Waals surface area contributed by atoms with Crippen molar-refractivity contribution in [1.82, 2.24) is 10.8 Å². The molecule has 2 amide bonds. The van der Waals surface area contributed by atoms with E-state index in [4.69, 9.17) is 4.74 Å². The number of carbonyl (C=O) groups excluding carboxylic acids is 3. The molecule has 0 heterocycles. The van der Waals surface area contributed by atoms with E-state index < -0.39 is 29.6 Å². The van der Waals surface area contributed by atoms with Gasteiger partial charge in [0.05, 0.1) is 0 Å². The third-order valence-corrected chi connectivity index (χ3v) is 1.68. The summed E-state index contributed by atoms with van der Waals surface area (Å²) in [6.07, 6.45) is -0.569. The van der Waals surface area contributed by atoms with Gasteiger partial charge >= 0.3 is 12.1 Å². The fourth-order valence-corrected chi connectivity index (χ4v) is 0.818. The van der Waals surface area contributed by atoms with Crippen LogP contribution in [0.1, 0.15) is 41.0 Å². The second-order valence-electron chi connectivity index (χ2n) is 4.66. The average molecular weight is 260 g/mol. The average Bonchev–Trinajstić information content (AvgIpc) is 2.22. The van der Waals surface area contributed by atoms with Crippen LogP contribution in [0.4, 0.5) is 4.79 Å². The van der Waals surface area contributed by atoms with Crippen molar-refractivity contribution >= 4 is 18.0 Å². The molecular weight excluding hydrogens is 240 g/mol. The minimum atomic E-state index is -0.871. The van der Waals surface area contributed by atoms with Gasteiger partial charge in [-0.25, -0.2) is 9.59 Å². The van der Waals surface area contributed by atoms with Gasteiger partial charge in [0.25, 0.3) is 5.91 Å². The first-order valence-corrected chi connectivity index (χ1v) is 5.64. The molecule has 1 atom stereocenters. The van der Waals surface area contributed by atoms with Crippen LogP contribution in [0.5, 0.6) is 0 Å². The van der Waals surface area contributed by atoms with Crippen LogP contribution in [0.15, 0.2) is 0 Å². The van der Waals surface area contributed by atoms with Gasteiger partial charge in [-0.15, -0.1) is 0 Å². The lowest BCUT2D eigenvalue weighted by Crippen LogP contribution is -2.46. The Morgan fingerprint density at radius 1 is 1.22 bits per heavy atom. The molecule has 0 aromatic carbocycles. The molecule has 7 heteroatoms. The number of nitrogens with one attached hydrogen (secondary N) is 2. The van der Waals surface area contributed by atoms with Gasteiger partial charge in [0.2, 0.25) is 0 Å². The van der Waals surface area contributed by atoms with Crippen molar-refractivity contribution in [3.05, 3.63) is 0 Å². The molecule has 0 spiro atoms. The van der Waals surface area contributed by atoms with E-state index in [0.717, 1.165) is 0 Å². The molecule has 0 aliphatic carbocycles. The molecule has 0 saturated carbocycles. The molecule has 0 saturated heterocycles. The van der Waals surface area contributed by atoms with Crippen molar-refractivity contribution in [2.24, 2.45) is 0 Å². The van der Waals surface area contributed by atoms with Gasteiger partial charge in [0.1, 0.15) is 11.6 Å². The van der Waals surface area contributed by atoms with Gasteiger partial charge in [-0.2, -0.15) is 5.48 Å².